The van der Waals surface area contributed by atoms with Gasteiger partial charge in [0, 0.05) is 37.5 Å². The number of benzene rings is 1. The van der Waals surface area contributed by atoms with Gasteiger partial charge in [0.2, 0.25) is 10.6 Å². The molecule has 0 radical (unpaired) electrons. The van der Waals surface area contributed by atoms with Gasteiger partial charge >= 0.3 is 0 Å². The molecule has 1 aliphatic heterocycles. The van der Waals surface area contributed by atoms with Crippen molar-refractivity contribution in [2.45, 2.75) is 18.1 Å². The number of para-hydroxylation sites is 1. The number of aryl methyl sites for hydroxylation is 3. The molecular formula is C16H16N6O2S. The fourth-order valence-corrected chi connectivity index (χ4v) is 3.77. The lowest BCUT2D eigenvalue weighted by Crippen LogP contribution is -2.31. The van der Waals surface area contributed by atoms with Crippen LogP contribution in [0.3, 0.4) is 0 Å². The molecule has 3 heterocycles. The molecule has 9 heteroatoms. The maximum Gasteiger partial charge on any atom is 0.256 e. The van der Waals surface area contributed by atoms with Crippen LogP contribution < -0.4 is 10.7 Å². The Bertz CT molecular complexity index is 1030. The van der Waals surface area contributed by atoms with Crippen LogP contribution in [0.2, 0.25) is 0 Å². The van der Waals surface area contributed by atoms with Gasteiger partial charge in [-0.05, 0) is 28.5 Å². The van der Waals surface area contributed by atoms with Gasteiger partial charge in [0.15, 0.2) is 0 Å². The first-order valence-corrected chi connectivity index (χ1v) is 8.92. The number of hydrogen-bond donors (Lipinski definition) is 1. The van der Waals surface area contributed by atoms with Crippen molar-refractivity contribution >= 4 is 28.6 Å². The topological polar surface area (TPSA) is 94.7 Å². The second-order valence-corrected chi connectivity index (χ2v) is 6.88. The van der Waals surface area contributed by atoms with Crippen LogP contribution in [-0.2, 0) is 20.0 Å². The van der Waals surface area contributed by atoms with E-state index in [0.717, 1.165) is 24.0 Å². The molecule has 1 amide bonds. The third-order valence-corrected chi connectivity index (χ3v) is 5.26. The Labute approximate surface area is 147 Å². The molecule has 8 nitrogen and oxygen atoms in total. The number of nitrogens with zero attached hydrogens (tertiary/aromatic N) is 5. The Morgan fingerprint density at radius 1 is 1.40 bits per heavy atom. The monoisotopic (exact) mass is 356 g/mol. The molecule has 0 fully saturated rings. The standard InChI is InChI=1S/C16H16N6O2S/c1-21-16(18-19-20-21)25-8-6-17-15(24)12-9-22-7-5-10-3-2-4-11(13(10)22)14(12)23/h2-4,9H,5-8H2,1H3,(H,17,24). The van der Waals surface area contributed by atoms with E-state index in [1.807, 2.05) is 16.7 Å². The molecule has 0 saturated carbocycles. The zero-order valence-electron chi connectivity index (χ0n) is 13.6. The van der Waals surface area contributed by atoms with E-state index in [1.165, 1.54) is 11.8 Å². The van der Waals surface area contributed by atoms with Crippen LogP contribution in [0.25, 0.3) is 10.9 Å². The number of hydrogen-bond acceptors (Lipinski definition) is 6. The summed E-state index contributed by atoms with van der Waals surface area (Å²) < 4.78 is 3.57. The van der Waals surface area contributed by atoms with Crippen LogP contribution in [0.15, 0.2) is 34.3 Å². The molecule has 0 spiro atoms. The Kier molecular flexibility index (Phi) is 4.00. The summed E-state index contributed by atoms with van der Waals surface area (Å²) in [7, 11) is 1.76. The Morgan fingerprint density at radius 2 is 2.28 bits per heavy atom. The van der Waals surface area contributed by atoms with E-state index in [-0.39, 0.29) is 16.9 Å². The smallest absolute Gasteiger partial charge is 0.256 e. The summed E-state index contributed by atoms with van der Waals surface area (Å²) in [5.41, 5.74) is 2.10. The van der Waals surface area contributed by atoms with Crippen LogP contribution in [-0.4, -0.2) is 43.0 Å². The molecule has 128 valence electrons. The SMILES string of the molecule is Cn1nnnc1SCCNC(=O)c1cn2c3c(cccc3c1=O)CC2. The molecule has 3 aromatic rings. The van der Waals surface area contributed by atoms with E-state index in [2.05, 4.69) is 20.8 Å². The minimum absolute atomic E-state index is 0.192. The molecule has 0 atom stereocenters. The molecule has 4 rings (SSSR count). The lowest BCUT2D eigenvalue weighted by molar-refractivity contribution is 0.0954. The quantitative estimate of drug-likeness (QED) is 0.531. The van der Waals surface area contributed by atoms with Crippen molar-refractivity contribution in [3.63, 3.8) is 0 Å². The summed E-state index contributed by atoms with van der Waals surface area (Å²) in [5.74, 6) is 0.274. The highest BCUT2D eigenvalue weighted by atomic mass is 32.2. The highest BCUT2D eigenvalue weighted by Crippen LogP contribution is 2.23. The van der Waals surface area contributed by atoms with Gasteiger partial charge in [-0.15, -0.1) is 5.10 Å². The van der Waals surface area contributed by atoms with Crippen LogP contribution in [0, 0.1) is 0 Å². The molecule has 0 saturated heterocycles. The van der Waals surface area contributed by atoms with Gasteiger partial charge in [0.05, 0.1) is 5.52 Å². The number of pyridine rings is 1. The predicted octanol–water partition coefficient (Wildman–Crippen LogP) is 0.603. The van der Waals surface area contributed by atoms with Crippen molar-refractivity contribution in [1.82, 2.24) is 30.1 Å². The number of carbonyl (C=O) groups excluding carboxylic acids is 1. The second-order valence-electron chi connectivity index (χ2n) is 5.82. The molecule has 1 aliphatic rings. The van der Waals surface area contributed by atoms with Gasteiger partial charge < -0.3 is 9.88 Å². The van der Waals surface area contributed by atoms with Crippen LogP contribution in [0.1, 0.15) is 15.9 Å². The van der Waals surface area contributed by atoms with E-state index in [4.69, 9.17) is 0 Å². The third kappa shape index (κ3) is 2.80. The maximum atomic E-state index is 12.7. The second kappa shape index (κ2) is 6.32. The van der Waals surface area contributed by atoms with E-state index in [1.54, 1.807) is 24.0 Å². The molecule has 0 unspecified atom stereocenters. The maximum absolute atomic E-state index is 12.7. The fraction of sp³-hybridized carbons (Fsp3) is 0.312. The first-order valence-electron chi connectivity index (χ1n) is 7.93. The number of thioether (sulfide) groups is 1. The molecule has 2 aromatic heterocycles. The number of nitrogens with one attached hydrogen (secondary N) is 1. The van der Waals surface area contributed by atoms with Crippen molar-refractivity contribution in [3.8, 4) is 0 Å². The normalized spacial score (nSPS) is 12.7. The van der Waals surface area contributed by atoms with Crippen molar-refractivity contribution in [1.29, 1.82) is 0 Å². The van der Waals surface area contributed by atoms with Crippen LogP contribution in [0.4, 0.5) is 0 Å². The first kappa shape index (κ1) is 15.8. The number of tetrazole rings is 1. The highest BCUT2D eigenvalue weighted by molar-refractivity contribution is 7.99. The van der Waals surface area contributed by atoms with E-state index in [0.29, 0.717) is 22.8 Å². The number of amides is 1. The van der Waals surface area contributed by atoms with Gasteiger partial charge in [-0.2, -0.15) is 0 Å². The minimum atomic E-state index is -0.343. The van der Waals surface area contributed by atoms with Gasteiger partial charge in [-0.25, -0.2) is 4.68 Å². The van der Waals surface area contributed by atoms with Gasteiger partial charge in [-0.1, -0.05) is 23.9 Å². The summed E-state index contributed by atoms with van der Waals surface area (Å²) in [4.78, 5) is 25.1. The van der Waals surface area contributed by atoms with Crippen molar-refractivity contribution in [3.05, 3.63) is 45.7 Å². The fourth-order valence-electron chi connectivity index (χ4n) is 3.06. The zero-order valence-corrected chi connectivity index (χ0v) is 14.4. The number of rotatable bonds is 5. The largest absolute Gasteiger partial charge is 0.351 e. The van der Waals surface area contributed by atoms with E-state index < -0.39 is 0 Å². The van der Waals surface area contributed by atoms with Crippen molar-refractivity contribution in [2.24, 2.45) is 7.05 Å². The Balaban J connectivity index is 1.49. The van der Waals surface area contributed by atoms with Gasteiger partial charge in [0.1, 0.15) is 5.56 Å². The lowest BCUT2D eigenvalue weighted by Gasteiger charge is -2.09. The Hall–Kier alpha value is -2.68. The summed E-state index contributed by atoms with van der Waals surface area (Å²) in [6.07, 6.45) is 2.57. The van der Waals surface area contributed by atoms with Crippen molar-refractivity contribution < 1.29 is 4.79 Å². The number of aromatic nitrogens is 5. The Morgan fingerprint density at radius 3 is 3.08 bits per heavy atom. The summed E-state index contributed by atoms with van der Waals surface area (Å²) >= 11 is 1.44. The highest BCUT2D eigenvalue weighted by Gasteiger charge is 2.20. The minimum Gasteiger partial charge on any atom is -0.351 e. The molecular weight excluding hydrogens is 340 g/mol. The van der Waals surface area contributed by atoms with Gasteiger partial charge in [0.25, 0.3) is 5.91 Å². The molecule has 0 aliphatic carbocycles. The molecule has 1 N–H and O–H groups in total. The van der Waals surface area contributed by atoms with E-state index in [9.17, 15) is 9.59 Å². The third-order valence-electron chi connectivity index (χ3n) is 4.25. The summed E-state index contributed by atoms with van der Waals surface area (Å²) in [6.45, 7) is 1.22. The van der Waals surface area contributed by atoms with Gasteiger partial charge in [-0.3, -0.25) is 9.59 Å². The summed E-state index contributed by atoms with van der Waals surface area (Å²) in [5, 5.41) is 15.3. The number of carbonyl (C=O) groups is 1. The zero-order chi connectivity index (χ0) is 17.4. The molecule has 1 aromatic carbocycles. The average Bonchev–Trinajstić information content (AvgIpc) is 3.22. The van der Waals surface area contributed by atoms with E-state index >= 15 is 0 Å². The predicted molar refractivity (Wildman–Crippen MR) is 93.8 cm³/mol. The molecule has 0 bridgehead atoms. The first-order chi connectivity index (χ1) is 12.1. The lowest BCUT2D eigenvalue weighted by atomic mass is 10.1. The van der Waals surface area contributed by atoms with Crippen molar-refractivity contribution in [2.75, 3.05) is 12.3 Å². The summed E-state index contributed by atoms with van der Waals surface area (Å²) in [6, 6.07) is 5.70. The van der Waals surface area contributed by atoms with Crippen LogP contribution in [0.5, 0.6) is 0 Å². The molecule has 25 heavy (non-hydrogen) atoms. The van der Waals surface area contributed by atoms with Crippen LogP contribution >= 0.6 is 11.8 Å². The average molecular weight is 356 g/mol.